The zero-order valence-electron chi connectivity index (χ0n) is 17.3. The monoisotopic (exact) mass is 459 g/mol. The van der Waals surface area contributed by atoms with Gasteiger partial charge in [-0.1, -0.05) is 42.5 Å². The first-order valence-electron chi connectivity index (χ1n) is 9.82. The Balaban J connectivity index is 1.40. The van der Waals surface area contributed by atoms with Gasteiger partial charge >= 0.3 is 12.1 Å². The Morgan fingerprint density at radius 2 is 1.36 bits per heavy atom. The van der Waals surface area contributed by atoms with Gasteiger partial charge in [-0.05, 0) is 42.0 Å². The van der Waals surface area contributed by atoms with Gasteiger partial charge < -0.3 is 19.5 Å². The van der Waals surface area contributed by atoms with Crippen LogP contribution in [0.1, 0.15) is 11.1 Å². The van der Waals surface area contributed by atoms with Gasteiger partial charge in [-0.3, -0.25) is 4.79 Å². The van der Waals surface area contributed by atoms with Gasteiger partial charge in [0.05, 0.1) is 11.3 Å². The molecule has 0 heterocycles. The van der Waals surface area contributed by atoms with Gasteiger partial charge in [-0.15, -0.1) is 0 Å². The lowest BCUT2D eigenvalue weighted by Gasteiger charge is -2.13. The number of benzene rings is 3. The third kappa shape index (κ3) is 7.57. The molecule has 6 nitrogen and oxygen atoms in total. The first kappa shape index (κ1) is 23.6. The largest absolute Gasteiger partial charge is 0.489 e. The predicted molar refractivity (Wildman–Crippen MR) is 114 cm³/mol. The number of esters is 1. The summed E-state index contributed by atoms with van der Waals surface area (Å²) in [6, 6.07) is 20.7. The van der Waals surface area contributed by atoms with Crippen LogP contribution in [0.15, 0.2) is 78.9 Å². The Kier molecular flexibility index (Phi) is 7.91. The van der Waals surface area contributed by atoms with Gasteiger partial charge in [-0.2, -0.15) is 13.2 Å². The smallest absolute Gasteiger partial charge is 0.418 e. The van der Waals surface area contributed by atoms with Crippen molar-refractivity contribution in [2.75, 3.05) is 18.5 Å². The number of para-hydroxylation sites is 1. The second-order valence-corrected chi connectivity index (χ2v) is 6.79. The zero-order valence-corrected chi connectivity index (χ0v) is 17.3. The van der Waals surface area contributed by atoms with Crippen molar-refractivity contribution < 1.29 is 37.0 Å². The molecule has 0 spiro atoms. The standard InChI is InChI=1S/C24H20F3NO5/c25-24(26,27)20-8-4-5-9-21(20)28-22(29)15-33-23(30)16-32-19-12-10-18(11-13-19)31-14-17-6-2-1-3-7-17/h1-13H,14-16H2,(H,28,29). The molecule has 0 aliphatic rings. The molecule has 0 atom stereocenters. The highest BCUT2D eigenvalue weighted by atomic mass is 19.4. The van der Waals surface area contributed by atoms with E-state index >= 15 is 0 Å². The van der Waals surface area contributed by atoms with Crippen LogP contribution in [0.5, 0.6) is 11.5 Å². The van der Waals surface area contributed by atoms with Crippen LogP contribution >= 0.6 is 0 Å². The van der Waals surface area contributed by atoms with Gasteiger partial charge in [0, 0.05) is 0 Å². The molecule has 172 valence electrons. The Morgan fingerprint density at radius 1 is 0.758 bits per heavy atom. The van der Waals surface area contributed by atoms with E-state index in [1.807, 2.05) is 30.3 Å². The molecule has 0 fully saturated rings. The summed E-state index contributed by atoms with van der Waals surface area (Å²) < 4.78 is 54.6. The second kappa shape index (κ2) is 11.0. The quantitative estimate of drug-likeness (QED) is 0.464. The summed E-state index contributed by atoms with van der Waals surface area (Å²) in [6.45, 7) is -0.819. The van der Waals surface area contributed by atoms with E-state index in [9.17, 15) is 22.8 Å². The molecule has 0 aliphatic heterocycles. The van der Waals surface area contributed by atoms with Crippen LogP contribution in [0, 0.1) is 0 Å². The lowest BCUT2D eigenvalue weighted by molar-refractivity contribution is -0.149. The van der Waals surface area contributed by atoms with Crippen LogP contribution < -0.4 is 14.8 Å². The van der Waals surface area contributed by atoms with Crippen molar-refractivity contribution in [3.63, 3.8) is 0 Å². The van der Waals surface area contributed by atoms with Crippen LogP contribution in [0.3, 0.4) is 0 Å². The number of rotatable bonds is 9. The van der Waals surface area contributed by atoms with Crippen molar-refractivity contribution >= 4 is 17.6 Å². The molecule has 33 heavy (non-hydrogen) atoms. The average molecular weight is 459 g/mol. The molecule has 3 rings (SSSR count). The van der Waals surface area contributed by atoms with Crippen molar-refractivity contribution in [1.29, 1.82) is 0 Å². The molecular formula is C24H20F3NO5. The van der Waals surface area contributed by atoms with E-state index in [-0.39, 0.29) is 0 Å². The van der Waals surface area contributed by atoms with Gasteiger partial charge in [0.2, 0.25) is 0 Å². The SMILES string of the molecule is O=C(COC(=O)COc1ccc(OCc2ccccc2)cc1)Nc1ccccc1C(F)(F)F. The number of carbonyl (C=O) groups excluding carboxylic acids is 2. The molecular weight excluding hydrogens is 439 g/mol. The molecule has 1 amide bonds. The van der Waals surface area contributed by atoms with Crippen molar-refractivity contribution in [2.45, 2.75) is 12.8 Å². The number of hydrogen-bond donors (Lipinski definition) is 1. The molecule has 9 heteroatoms. The predicted octanol–water partition coefficient (Wildman–Crippen LogP) is 4.85. The summed E-state index contributed by atoms with van der Waals surface area (Å²) in [5.74, 6) is -0.759. The van der Waals surface area contributed by atoms with E-state index in [1.165, 1.54) is 12.1 Å². The molecule has 0 unspecified atom stereocenters. The minimum Gasteiger partial charge on any atom is -0.489 e. The fourth-order valence-corrected chi connectivity index (χ4v) is 2.73. The fourth-order valence-electron chi connectivity index (χ4n) is 2.73. The third-order valence-electron chi connectivity index (χ3n) is 4.30. The number of nitrogens with one attached hydrogen (secondary N) is 1. The number of ether oxygens (including phenoxy) is 3. The number of anilines is 1. The van der Waals surface area contributed by atoms with Crippen LogP contribution in [-0.2, 0) is 27.1 Å². The normalized spacial score (nSPS) is 10.9. The minimum atomic E-state index is -4.63. The first-order chi connectivity index (χ1) is 15.8. The first-order valence-corrected chi connectivity index (χ1v) is 9.82. The molecule has 0 aliphatic carbocycles. The van der Waals surface area contributed by atoms with Gasteiger partial charge in [0.15, 0.2) is 13.2 Å². The molecule has 0 saturated carbocycles. The van der Waals surface area contributed by atoms with E-state index in [2.05, 4.69) is 5.32 Å². The van der Waals surface area contributed by atoms with E-state index < -0.39 is 42.5 Å². The summed E-state index contributed by atoms with van der Waals surface area (Å²) >= 11 is 0. The highest BCUT2D eigenvalue weighted by molar-refractivity contribution is 5.93. The van der Waals surface area contributed by atoms with Gasteiger partial charge in [0.1, 0.15) is 18.1 Å². The van der Waals surface area contributed by atoms with Crippen LogP contribution in [0.2, 0.25) is 0 Å². The van der Waals surface area contributed by atoms with Crippen molar-refractivity contribution in [3.05, 3.63) is 90.0 Å². The Hall–Kier alpha value is -4.01. The second-order valence-electron chi connectivity index (χ2n) is 6.79. The van der Waals surface area contributed by atoms with Crippen LogP contribution in [0.25, 0.3) is 0 Å². The Morgan fingerprint density at radius 3 is 2.03 bits per heavy atom. The molecule has 0 bridgehead atoms. The molecule has 1 N–H and O–H groups in total. The molecule has 3 aromatic carbocycles. The summed E-state index contributed by atoms with van der Waals surface area (Å²) in [5.41, 5.74) is -0.396. The van der Waals surface area contributed by atoms with E-state index in [4.69, 9.17) is 14.2 Å². The summed E-state index contributed by atoms with van der Waals surface area (Å²) in [4.78, 5) is 23.7. The Labute approximate surface area is 187 Å². The maximum atomic E-state index is 13.0. The number of carbonyl (C=O) groups is 2. The fraction of sp³-hybridized carbons (Fsp3) is 0.167. The zero-order chi connectivity index (χ0) is 23.7. The van der Waals surface area contributed by atoms with Crippen molar-refractivity contribution in [2.24, 2.45) is 0 Å². The van der Waals surface area contributed by atoms with Crippen molar-refractivity contribution in [3.8, 4) is 11.5 Å². The van der Waals surface area contributed by atoms with Crippen LogP contribution in [0.4, 0.5) is 18.9 Å². The van der Waals surface area contributed by atoms with E-state index in [1.54, 1.807) is 24.3 Å². The molecule has 0 saturated heterocycles. The molecule has 0 aromatic heterocycles. The maximum absolute atomic E-state index is 13.0. The number of hydrogen-bond acceptors (Lipinski definition) is 5. The van der Waals surface area contributed by atoms with Gasteiger partial charge in [-0.25, -0.2) is 4.79 Å². The topological polar surface area (TPSA) is 73.9 Å². The lowest BCUT2D eigenvalue weighted by atomic mass is 10.1. The number of amides is 1. The third-order valence-corrected chi connectivity index (χ3v) is 4.30. The maximum Gasteiger partial charge on any atom is 0.418 e. The summed E-state index contributed by atoms with van der Waals surface area (Å²) in [7, 11) is 0. The van der Waals surface area contributed by atoms with E-state index in [0.29, 0.717) is 18.1 Å². The highest BCUT2D eigenvalue weighted by Crippen LogP contribution is 2.34. The summed E-state index contributed by atoms with van der Waals surface area (Å²) in [5, 5.41) is 2.09. The number of halogens is 3. The van der Waals surface area contributed by atoms with Gasteiger partial charge in [0.25, 0.3) is 5.91 Å². The average Bonchev–Trinajstić information content (AvgIpc) is 2.81. The van der Waals surface area contributed by atoms with E-state index in [0.717, 1.165) is 17.7 Å². The Bertz CT molecular complexity index is 1070. The summed E-state index contributed by atoms with van der Waals surface area (Å²) in [6.07, 6.45) is -4.63. The van der Waals surface area contributed by atoms with Crippen molar-refractivity contribution in [1.82, 2.24) is 0 Å². The molecule has 0 radical (unpaired) electrons. The van der Waals surface area contributed by atoms with Crippen LogP contribution in [-0.4, -0.2) is 25.1 Å². The molecule has 3 aromatic rings. The lowest BCUT2D eigenvalue weighted by Crippen LogP contribution is -2.24. The highest BCUT2D eigenvalue weighted by Gasteiger charge is 2.33. The number of alkyl halides is 3. The minimum absolute atomic E-state index is 0.377.